The summed E-state index contributed by atoms with van der Waals surface area (Å²) in [6.07, 6.45) is 0.0587. The largest absolute Gasteiger partial charge is 0.491 e. The van der Waals surface area contributed by atoms with E-state index in [9.17, 15) is 9.59 Å². The minimum absolute atomic E-state index is 0.0587. The van der Waals surface area contributed by atoms with E-state index in [2.05, 4.69) is 32.6 Å². The van der Waals surface area contributed by atoms with Gasteiger partial charge in [-0.2, -0.15) is 0 Å². The Hall–Kier alpha value is -3.52. The van der Waals surface area contributed by atoms with Gasteiger partial charge >= 0.3 is 12.0 Å². The molecule has 2 aliphatic heterocycles. The fourth-order valence-electron chi connectivity index (χ4n) is 4.48. The number of carbonyl (C=O) groups excluding carboxylic acids is 2. The molecule has 0 unspecified atom stereocenters. The van der Waals surface area contributed by atoms with Crippen molar-refractivity contribution in [3.8, 4) is 5.75 Å². The molecule has 8 nitrogen and oxygen atoms in total. The molecule has 0 spiro atoms. The smallest absolute Gasteiger partial charge is 0.338 e. The zero-order valence-corrected chi connectivity index (χ0v) is 20.6. The Kier molecular flexibility index (Phi) is 7.92. The number of ether oxygens (including phenoxy) is 2. The van der Waals surface area contributed by atoms with Crippen molar-refractivity contribution < 1.29 is 19.1 Å². The first kappa shape index (κ1) is 24.6. The predicted molar refractivity (Wildman–Crippen MR) is 135 cm³/mol. The third-order valence-electron chi connectivity index (χ3n) is 6.11. The van der Waals surface area contributed by atoms with Crippen molar-refractivity contribution in [2.75, 3.05) is 44.2 Å². The maximum atomic E-state index is 13.1. The van der Waals surface area contributed by atoms with E-state index in [1.54, 1.807) is 6.92 Å². The lowest BCUT2D eigenvalue weighted by Gasteiger charge is -2.38. The van der Waals surface area contributed by atoms with Crippen LogP contribution in [0.4, 0.5) is 10.5 Å². The Bertz CT molecular complexity index is 1040. The minimum atomic E-state index is -0.600. The predicted octanol–water partition coefficient (Wildman–Crippen LogP) is 3.47. The number of rotatable bonds is 8. The van der Waals surface area contributed by atoms with Gasteiger partial charge in [-0.25, -0.2) is 9.59 Å². The van der Waals surface area contributed by atoms with Crippen LogP contribution in [0, 0.1) is 0 Å². The van der Waals surface area contributed by atoms with Gasteiger partial charge in [-0.3, -0.25) is 4.90 Å². The molecule has 35 heavy (non-hydrogen) atoms. The second-order valence-electron chi connectivity index (χ2n) is 8.98. The molecular weight excluding hydrogens is 444 g/mol. The summed E-state index contributed by atoms with van der Waals surface area (Å²) in [5.41, 5.74) is 3.03. The standard InChI is InChI=1S/C27H34N4O4/c1-4-34-26(32)24-23(18-30-14-16-31(17-15-30)21-8-6-5-7-9-21)28-27(33)29-25(24)20-10-12-22(13-11-20)35-19(2)3/h5-13,19,25H,4,14-18H2,1-3H3,(H2,28,29,33)/t25-/m0/s1. The molecule has 186 valence electrons. The first-order chi connectivity index (χ1) is 16.9. The highest BCUT2D eigenvalue weighted by molar-refractivity contribution is 5.95. The lowest BCUT2D eigenvalue weighted by atomic mass is 9.94. The lowest BCUT2D eigenvalue weighted by Crippen LogP contribution is -2.51. The Morgan fingerprint density at radius 1 is 1.03 bits per heavy atom. The third kappa shape index (κ3) is 6.14. The number of urea groups is 1. The number of esters is 1. The first-order valence-corrected chi connectivity index (χ1v) is 12.2. The van der Waals surface area contributed by atoms with Crippen LogP contribution >= 0.6 is 0 Å². The number of nitrogens with one attached hydrogen (secondary N) is 2. The maximum Gasteiger partial charge on any atom is 0.338 e. The van der Waals surface area contributed by atoms with Gasteiger partial charge in [-0.15, -0.1) is 0 Å². The summed E-state index contributed by atoms with van der Waals surface area (Å²) in [7, 11) is 0. The van der Waals surface area contributed by atoms with E-state index in [4.69, 9.17) is 9.47 Å². The van der Waals surface area contributed by atoms with E-state index in [1.807, 2.05) is 56.3 Å². The molecule has 8 heteroatoms. The first-order valence-electron chi connectivity index (χ1n) is 12.2. The van der Waals surface area contributed by atoms with Crippen molar-refractivity contribution in [2.45, 2.75) is 32.9 Å². The van der Waals surface area contributed by atoms with E-state index in [0.29, 0.717) is 17.8 Å². The van der Waals surface area contributed by atoms with Crippen LogP contribution in [0.15, 0.2) is 65.9 Å². The van der Waals surface area contributed by atoms with Crippen LogP contribution in [0.25, 0.3) is 0 Å². The molecule has 2 aliphatic rings. The van der Waals surface area contributed by atoms with Crippen LogP contribution in [0.5, 0.6) is 5.75 Å². The average Bonchev–Trinajstić information content (AvgIpc) is 2.85. The van der Waals surface area contributed by atoms with E-state index >= 15 is 0 Å². The fourth-order valence-corrected chi connectivity index (χ4v) is 4.48. The Morgan fingerprint density at radius 2 is 1.71 bits per heavy atom. The molecule has 1 saturated heterocycles. The molecule has 2 aromatic carbocycles. The second-order valence-corrected chi connectivity index (χ2v) is 8.98. The van der Waals surface area contributed by atoms with Crippen LogP contribution in [0.2, 0.25) is 0 Å². The Balaban J connectivity index is 1.55. The number of anilines is 1. The summed E-state index contributed by atoms with van der Waals surface area (Å²) >= 11 is 0. The topological polar surface area (TPSA) is 83.1 Å². The van der Waals surface area contributed by atoms with Gasteiger partial charge in [0.15, 0.2) is 0 Å². The number of para-hydroxylation sites is 1. The highest BCUT2D eigenvalue weighted by atomic mass is 16.5. The zero-order valence-electron chi connectivity index (χ0n) is 20.6. The van der Waals surface area contributed by atoms with Crippen molar-refractivity contribution in [3.63, 3.8) is 0 Å². The van der Waals surface area contributed by atoms with E-state index in [1.165, 1.54) is 5.69 Å². The van der Waals surface area contributed by atoms with Gasteiger partial charge in [0.1, 0.15) is 5.75 Å². The summed E-state index contributed by atoms with van der Waals surface area (Å²) in [6.45, 7) is 9.83. The van der Waals surface area contributed by atoms with Crippen LogP contribution in [0.3, 0.4) is 0 Å². The van der Waals surface area contributed by atoms with Gasteiger partial charge in [0.2, 0.25) is 0 Å². The molecule has 0 radical (unpaired) electrons. The van der Waals surface area contributed by atoms with E-state index < -0.39 is 12.0 Å². The number of hydrogen-bond acceptors (Lipinski definition) is 6. The molecule has 0 aromatic heterocycles. The third-order valence-corrected chi connectivity index (χ3v) is 6.11. The molecule has 2 heterocycles. The number of hydrogen-bond donors (Lipinski definition) is 2. The van der Waals surface area contributed by atoms with Crippen molar-refractivity contribution in [2.24, 2.45) is 0 Å². The normalized spacial score (nSPS) is 18.8. The molecule has 1 atom stereocenters. The SMILES string of the molecule is CCOC(=O)C1=C(CN2CCN(c3ccccc3)CC2)NC(=O)N[C@H]1c1ccc(OC(C)C)cc1. The van der Waals surface area contributed by atoms with Crippen molar-refractivity contribution in [1.29, 1.82) is 0 Å². The van der Waals surface area contributed by atoms with Gasteiger partial charge < -0.3 is 25.0 Å². The molecule has 0 bridgehead atoms. The quantitative estimate of drug-likeness (QED) is 0.566. The van der Waals surface area contributed by atoms with Gasteiger partial charge in [-0.1, -0.05) is 30.3 Å². The van der Waals surface area contributed by atoms with Crippen molar-refractivity contribution in [1.82, 2.24) is 15.5 Å². The number of amides is 2. The average molecular weight is 479 g/mol. The molecule has 2 amide bonds. The van der Waals surface area contributed by atoms with E-state index in [0.717, 1.165) is 37.5 Å². The van der Waals surface area contributed by atoms with Crippen LogP contribution in [-0.4, -0.2) is 62.3 Å². The van der Waals surface area contributed by atoms with Gasteiger partial charge in [-0.05, 0) is 50.6 Å². The van der Waals surface area contributed by atoms with E-state index in [-0.39, 0.29) is 18.7 Å². The maximum absolute atomic E-state index is 13.1. The van der Waals surface area contributed by atoms with Gasteiger partial charge in [0.05, 0.1) is 24.3 Å². The number of carbonyl (C=O) groups is 2. The number of benzene rings is 2. The minimum Gasteiger partial charge on any atom is -0.491 e. The zero-order chi connectivity index (χ0) is 24.8. The Labute approximate surface area is 206 Å². The van der Waals surface area contributed by atoms with Gasteiger partial charge in [0.25, 0.3) is 0 Å². The lowest BCUT2D eigenvalue weighted by molar-refractivity contribution is -0.139. The molecule has 4 rings (SSSR count). The number of nitrogens with zero attached hydrogens (tertiary/aromatic N) is 2. The number of piperazine rings is 1. The fraction of sp³-hybridized carbons (Fsp3) is 0.407. The molecule has 2 N–H and O–H groups in total. The highest BCUT2D eigenvalue weighted by Gasteiger charge is 2.34. The molecular formula is C27H34N4O4. The summed E-state index contributed by atoms with van der Waals surface area (Å²) in [5, 5.41) is 5.78. The Morgan fingerprint density at radius 3 is 2.34 bits per heavy atom. The van der Waals surface area contributed by atoms with Gasteiger partial charge in [0, 0.05) is 44.1 Å². The van der Waals surface area contributed by atoms with Crippen molar-refractivity contribution in [3.05, 3.63) is 71.4 Å². The molecule has 1 fully saturated rings. The van der Waals surface area contributed by atoms with Crippen LogP contribution < -0.4 is 20.3 Å². The summed E-state index contributed by atoms with van der Waals surface area (Å²) in [4.78, 5) is 30.3. The summed E-state index contributed by atoms with van der Waals surface area (Å²) in [6, 6.07) is 16.9. The highest BCUT2D eigenvalue weighted by Crippen LogP contribution is 2.30. The van der Waals surface area contributed by atoms with Crippen molar-refractivity contribution >= 4 is 17.7 Å². The summed E-state index contributed by atoms with van der Waals surface area (Å²) < 4.78 is 11.1. The molecule has 2 aromatic rings. The monoisotopic (exact) mass is 478 g/mol. The summed E-state index contributed by atoms with van der Waals surface area (Å²) in [5.74, 6) is 0.313. The molecule has 0 aliphatic carbocycles. The molecule has 0 saturated carbocycles. The van der Waals surface area contributed by atoms with Crippen LogP contribution in [-0.2, 0) is 9.53 Å². The van der Waals surface area contributed by atoms with Crippen LogP contribution in [0.1, 0.15) is 32.4 Å². The second kappa shape index (κ2) is 11.3.